The van der Waals surface area contributed by atoms with E-state index in [0.717, 1.165) is 33.2 Å². The maximum atomic E-state index is 12.5. The number of benzene rings is 1. The number of hydrogen-bond donors (Lipinski definition) is 1. The minimum absolute atomic E-state index is 0.128. The van der Waals surface area contributed by atoms with Crippen LogP contribution in [0.2, 0.25) is 0 Å². The Kier molecular flexibility index (Phi) is 5.18. The molecule has 0 atom stereocenters. The zero-order valence-corrected chi connectivity index (χ0v) is 17.1. The molecule has 7 nitrogen and oxygen atoms in total. The minimum Gasteiger partial charge on any atom is -0.497 e. The van der Waals surface area contributed by atoms with Crippen LogP contribution in [0.4, 0.5) is 5.82 Å². The third-order valence-corrected chi connectivity index (χ3v) is 5.38. The highest BCUT2D eigenvalue weighted by molar-refractivity contribution is 7.15. The van der Waals surface area contributed by atoms with E-state index in [4.69, 9.17) is 14.5 Å². The van der Waals surface area contributed by atoms with Gasteiger partial charge in [-0.2, -0.15) is 0 Å². The lowest BCUT2D eigenvalue weighted by Gasteiger charge is -2.08. The second-order valence-corrected chi connectivity index (χ2v) is 7.35. The highest BCUT2D eigenvalue weighted by Crippen LogP contribution is 2.34. The van der Waals surface area contributed by atoms with E-state index in [1.54, 1.807) is 20.4 Å². The summed E-state index contributed by atoms with van der Waals surface area (Å²) in [5.74, 6) is 1.86. The first kappa shape index (κ1) is 18.9. The molecule has 29 heavy (non-hydrogen) atoms. The average molecular weight is 408 g/mol. The number of thiazole rings is 1. The number of carbonyl (C=O) groups is 1. The van der Waals surface area contributed by atoms with Crippen LogP contribution in [-0.4, -0.2) is 34.5 Å². The van der Waals surface area contributed by atoms with Crippen molar-refractivity contribution in [2.45, 2.75) is 13.3 Å². The number of hydrogen-bond acceptors (Lipinski definition) is 6. The number of amides is 1. The number of ether oxygens (including phenoxy) is 2. The molecule has 0 saturated heterocycles. The van der Waals surface area contributed by atoms with Gasteiger partial charge in [0.1, 0.15) is 17.3 Å². The maximum Gasteiger partial charge on any atom is 0.231 e. The van der Waals surface area contributed by atoms with Crippen molar-refractivity contribution in [3.63, 3.8) is 0 Å². The Balaban J connectivity index is 1.60. The monoisotopic (exact) mass is 408 g/mol. The van der Waals surface area contributed by atoms with Crippen LogP contribution >= 0.6 is 11.3 Å². The number of pyridine rings is 1. The third kappa shape index (κ3) is 3.93. The first-order valence-corrected chi connectivity index (χ1v) is 9.85. The zero-order chi connectivity index (χ0) is 20.4. The van der Waals surface area contributed by atoms with Gasteiger partial charge in [0.2, 0.25) is 5.91 Å². The van der Waals surface area contributed by atoms with Crippen molar-refractivity contribution >= 4 is 28.0 Å². The van der Waals surface area contributed by atoms with Crippen LogP contribution in [0, 0.1) is 6.92 Å². The largest absolute Gasteiger partial charge is 0.497 e. The van der Waals surface area contributed by atoms with Crippen LogP contribution in [0.25, 0.3) is 16.2 Å². The van der Waals surface area contributed by atoms with Gasteiger partial charge in [0.05, 0.1) is 26.3 Å². The van der Waals surface area contributed by atoms with Gasteiger partial charge in [-0.05, 0) is 42.8 Å². The maximum absolute atomic E-state index is 12.5. The van der Waals surface area contributed by atoms with E-state index in [1.165, 1.54) is 11.3 Å². The van der Waals surface area contributed by atoms with Crippen molar-refractivity contribution < 1.29 is 14.3 Å². The Hall–Kier alpha value is -3.39. The van der Waals surface area contributed by atoms with Crippen LogP contribution in [-0.2, 0) is 11.2 Å². The number of methoxy groups -OCH3 is 2. The molecule has 0 aliphatic rings. The van der Waals surface area contributed by atoms with Crippen molar-refractivity contribution in [1.82, 2.24) is 14.4 Å². The lowest BCUT2D eigenvalue weighted by Crippen LogP contribution is -2.16. The highest BCUT2D eigenvalue weighted by Gasteiger charge is 2.16. The van der Waals surface area contributed by atoms with Gasteiger partial charge in [-0.15, -0.1) is 11.3 Å². The molecule has 0 fully saturated rings. The molecular formula is C21H20N4O3S. The second kappa shape index (κ2) is 7.92. The normalized spacial score (nSPS) is 10.9. The van der Waals surface area contributed by atoms with Gasteiger partial charge in [0.15, 0.2) is 4.96 Å². The molecular weight excluding hydrogens is 388 g/mol. The molecule has 0 spiro atoms. The van der Waals surface area contributed by atoms with Gasteiger partial charge in [-0.1, -0.05) is 0 Å². The Morgan fingerprint density at radius 3 is 2.83 bits per heavy atom. The summed E-state index contributed by atoms with van der Waals surface area (Å²) in [5.41, 5.74) is 3.49. The highest BCUT2D eigenvalue weighted by atomic mass is 32.1. The van der Waals surface area contributed by atoms with Crippen molar-refractivity contribution in [2.24, 2.45) is 0 Å². The number of nitrogens with one attached hydrogen (secondary N) is 1. The quantitative estimate of drug-likeness (QED) is 0.522. The number of aryl methyl sites for hydroxylation is 1. The molecule has 0 bridgehead atoms. The zero-order valence-electron chi connectivity index (χ0n) is 16.3. The van der Waals surface area contributed by atoms with Gasteiger partial charge in [-0.25, -0.2) is 9.97 Å². The summed E-state index contributed by atoms with van der Waals surface area (Å²) >= 11 is 1.49. The number of fused-ring (bicyclic) bond motifs is 1. The fraction of sp³-hybridized carbons (Fsp3) is 0.190. The Morgan fingerprint density at radius 1 is 1.21 bits per heavy atom. The van der Waals surface area contributed by atoms with E-state index in [9.17, 15) is 4.79 Å². The fourth-order valence-electron chi connectivity index (χ4n) is 3.06. The predicted octanol–water partition coefficient (Wildman–Crippen LogP) is 3.96. The summed E-state index contributed by atoms with van der Waals surface area (Å²) < 4.78 is 12.7. The molecule has 148 valence electrons. The fourth-order valence-corrected chi connectivity index (χ4v) is 3.93. The van der Waals surface area contributed by atoms with Crippen molar-refractivity contribution in [2.75, 3.05) is 19.5 Å². The minimum atomic E-state index is -0.128. The molecule has 1 amide bonds. The van der Waals surface area contributed by atoms with E-state index in [2.05, 4.69) is 10.3 Å². The first-order chi connectivity index (χ1) is 14.1. The van der Waals surface area contributed by atoms with Gasteiger partial charge in [-0.3, -0.25) is 9.20 Å². The SMILES string of the molecule is COc1ccc(OC)c(-c2cn3c(CC(=O)Nc4cc(C)ccn4)csc3n2)c1. The van der Waals surface area contributed by atoms with Crippen molar-refractivity contribution in [3.8, 4) is 22.8 Å². The van der Waals surface area contributed by atoms with Crippen LogP contribution < -0.4 is 14.8 Å². The van der Waals surface area contributed by atoms with Crippen molar-refractivity contribution in [3.05, 3.63) is 59.4 Å². The summed E-state index contributed by atoms with van der Waals surface area (Å²) in [6.07, 6.45) is 3.81. The number of imidazole rings is 1. The Bertz CT molecular complexity index is 1180. The van der Waals surface area contributed by atoms with E-state index in [0.29, 0.717) is 11.6 Å². The molecule has 1 aromatic carbocycles. The van der Waals surface area contributed by atoms with E-state index in [-0.39, 0.29) is 12.3 Å². The number of carbonyl (C=O) groups excluding carboxylic acids is 1. The lowest BCUT2D eigenvalue weighted by atomic mass is 10.1. The number of anilines is 1. The molecule has 0 aliphatic carbocycles. The Morgan fingerprint density at radius 2 is 2.07 bits per heavy atom. The summed E-state index contributed by atoms with van der Waals surface area (Å²) in [7, 11) is 3.25. The third-order valence-electron chi connectivity index (χ3n) is 4.49. The van der Waals surface area contributed by atoms with Crippen LogP contribution in [0.1, 0.15) is 11.3 Å². The van der Waals surface area contributed by atoms with Gasteiger partial charge >= 0.3 is 0 Å². The topological polar surface area (TPSA) is 77.8 Å². The van der Waals surface area contributed by atoms with Crippen LogP contribution in [0.5, 0.6) is 11.5 Å². The summed E-state index contributed by atoms with van der Waals surface area (Å²) in [5, 5.41) is 4.78. The van der Waals surface area contributed by atoms with Crippen LogP contribution in [0.15, 0.2) is 48.1 Å². The lowest BCUT2D eigenvalue weighted by molar-refractivity contribution is -0.115. The average Bonchev–Trinajstić information content (AvgIpc) is 3.29. The molecule has 0 unspecified atom stereocenters. The van der Waals surface area contributed by atoms with E-state index < -0.39 is 0 Å². The van der Waals surface area contributed by atoms with Crippen molar-refractivity contribution in [1.29, 1.82) is 0 Å². The first-order valence-electron chi connectivity index (χ1n) is 8.97. The summed E-state index contributed by atoms with van der Waals surface area (Å²) in [6, 6.07) is 9.31. The molecule has 0 aliphatic heterocycles. The smallest absolute Gasteiger partial charge is 0.231 e. The number of nitrogens with zero attached hydrogens (tertiary/aromatic N) is 3. The van der Waals surface area contributed by atoms with E-state index >= 15 is 0 Å². The summed E-state index contributed by atoms with van der Waals surface area (Å²) in [4.78, 5) is 22.2. The van der Waals surface area contributed by atoms with Gasteiger partial charge in [0, 0.05) is 29.0 Å². The molecule has 4 aromatic rings. The molecule has 1 N–H and O–H groups in total. The molecule has 4 rings (SSSR count). The van der Waals surface area contributed by atoms with E-state index in [1.807, 2.05) is 53.2 Å². The van der Waals surface area contributed by atoms with Gasteiger partial charge in [0.25, 0.3) is 0 Å². The molecule has 0 radical (unpaired) electrons. The number of rotatable bonds is 6. The van der Waals surface area contributed by atoms with Gasteiger partial charge < -0.3 is 14.8 Å². The molecule has 3 heterocycles. The second-order valence-electron chi connectivity index (χ2n) is 6.52. The van der Waals surface area contributed by atoms with Crippen LogP contribution in [0.3, 0.4) is 0 Å². The molecule has 0 saturated carbocycles. The number of aromatic nitrogens is 3. The standard InChI is InChI=1S/C21H20N4O3S/c1-13-6-7-22-19(8-13)24-20(26)9-14-12-29-21-23-17(11-25(14)21)16-10-15(27-2)4-5-18(16)28-3/h4-8,10-12H,9H2,1-3H3,(H,22,24,26). The molecule has 8 heteroatoms. The predicted molar refractivity (Wildman–Crippen MR) is 113 cm³/mol. The molecule has 3 aromatic heterocycles. The Labute approximate surface area is 172 Å². The summed E-state index contributed by atoms with van der Waals surface area (Å²) in [6.45, 7) is 1.96.